The number of carboxylic acids is 1. The molecular formula is C11H14FNO2. The third-order valence-corrected chi connectivity index (χ3v) is 2.12. The molecular weight excluding hydrogens is 197 g/mol. The van der Waals surface area contributed by atoms with Gasteiger partial charge in [0.05, 0.1) is 5.69 Å². The van der Waals surface area contributed by atoms with Crippen LogP contribution in [-0.4, -0.2) is 25.2 Å². The molecule has 0 atom stereocenters. The van der Waals surface area contributed by atoms with Crippen molar-refractivity contribution in [3.8, 4) is 0 Å². The van der Waals surface area contributed by atoms with Crippen LogP contribution in [0.15, 0.2) is 18.2 Å². The van der Waals surface area contributed by atoms with Crippen molar-refractivity contribution in [3.63, 3.8) is 0 Å². The molecule has 1 rings (SSSR count). The van der Waals surface area contributed by atoms with Crippen LogP contribution in [0.3, 0.4) is 0 Å². The van der Waals surface area contributed by atoms with Gasteiger partial charge in [-0.05, 0) is 24.1 Å². The summed E-state index contributed by atoms with van der Waals surface area (Å²) in [6.07, 6.45) is 0.390. The van der Waals surface area contributed by atoms with Crippen LogP contribution in [0.2, 0.25) is 0 Å². The molecule has 0 fully saturated rings. The first-order valence-corrected chi connectivity index (χ1v) is 4.68. The summed E-state index contributed by atoms with van der Waals surface area (Å²) in [5, 5.41) is 8.48. The monoisotopic (exact) mass is 211 g/mol. The van der Waals surface area contributed by atoms with E-state index < -0.39 is 5.97 Å². The number of carbonyl (C=O) groups is 1. The average molecular weight is 211 g/mol. The minimum absolute atomic E-state index is 0.0285. The molecule has 4 heteroatoms. The summed E-state index contributed by atoms with van der Waals surface area (Å²) in [4.78, 5) is 12.0. The molecule has 0 amide bonds. The second-order valence-corrected chi connectivity index (χ2v) is 3.57. The van der Waals surface area contributed by atoms with Crippen molar-refractivity contribution in [3.05, 3.63) is 29.6 Å². The Morgan fingerprint density at radius 3 is 2.60 bits per heavy atom. The van der Waals surface area contributed by atoms with Crippen molar-refractivity contribution in [1.82, 2.24) is 0 Å². The van der Waals surface area contributed by atoms with E-state index in [-0.39, 0.29) is 12.2 Å². The van der Waals surface area contributed by atoms with E-state index >= 15 is 0 Å². The highest BCUT2D eigenvalue weighted by Crippen LogP contribution is 2.18. The maximum atomic E-state index is 13.4. The second kappa shape index (κ2) is 4.77. The number of hydrogen-bond acceptors (Lipinski definition) is 2. The number of halogens is 1. The fraction of sp³-hybridized carbons (Fsp3) is 0.364. The lowest BCUT2D eigenvalue weighted by Gasteiger charge is -2.13. The highest BCUT2D eigenvalue weighted by atomic mass is 19.1. The summed E-state index contributed by atoms with van der Waals surface area (Å²) < 4.78 is 13.4. The summed E-state index contributed by atoms with van der Waals surface area (Å²) in [6, 6.07) is 4.80. The second-order valence-electron chi connectivity index (χ2n) is 3.57. The van der Waals surface area contributed by atoms with Gasteiger partial charge in [-0.15, -0.1) is 0 Å². The van der Waals surface area contributed by atoms with E-state index in [9.17, 15) is 9.18 Å². The lowest BCUT2D eigenvalue weighted by molar-refractivity contribution is -0.136. The van der Waals surface area contributed by atoms with Gasteiger partial charge in [0.15, 0.2) is 0 Å². The first kappa shape index (κ1) is 11.5. The molecule has 0 spiro atoms. The Labute approximate surface area is 88.1 Å². The minimum Gasteiger partial charge on any atom is -0.481 e. The van der Waals surface area contributed by atoms with Gasteiger partial charge >= 0.3 is 5.97 Å². The van der Waals surface area contributed by atoms with Crippen LogP contribution in [0.25, 0.3) is 0 Å². The van der Waals surface area contributed by atoms with E-state index in [0.717, 1.165) is 0 Å². The molecule has 0 aromatic heterocycles. The Bertz CT molecular complexity index is 364. The molecule has 1 N–H and O–H groups in total. The molecule has 0 radical (unpaired) electrons. The number of aryl methyl sites for hydroxylation is 1. The van der Waals surface area contributed by atoms with Gasteiger partial charge in [-0.1, -0.05) is 6.07 Å². The molecule has 0 unspecified atom stereocenters. The first-order valence-electron chi connectivity index (χ1n) is 4.68. The van der Waals surface area contributed by atoms with Gasteiger partial charge in [-0.3, -0.25) is 4.79 Å². The minimum atomic E-state index is -0.868. The Morgan fingerprint density at radius 1 is 1.47 bits per heavy atom. The molecule has 15 heavy (non-hydrogen) atoms. The van der Waals surface area contributed by atoms with Crippen LogP contribution < -0.4 is 4.90 Å². The lowest BCUT2D eigenvalue weighted by atomic mass is 10.1. The van der Waals surface area contributed by atoms with E-state index in [4.69, 9.17) is 5.11 Å². The van der Waals surface area contributed by atoms with Crippen molar-refractivity contribution in [2.45, 2.75) is 12.8 Å². The number of nitrogens with zero attached hydrogens (tertiary/aromatic N) is 1. The number of aliphatic carboxylic acids is 1. The molecule has 1 aromatic carbocycles. The molecule has 0 bridgehead atoms. The zero-order valence-corrected chi connectivity index (χ0v) is 8.83. The van der Waals surface area contributed by atoms with Crippen molar-refractivity contribution in [2.24, 2.45) is 0 Å². The predicted molar refractivity (Wildman–Crippen MR) is 56.7 cm³/mol. The van der Waals surface area contributed by atoms with Crippen LogP contribution >= 0.6 is 0 Å². The normalized spacial score (nSPS) is 10.1. The van der Waals surface area contributed by atoms with Crippen LogP contribution in [0.5, 0.6) is 0 Å². The molecule has 0 aliphatic heterocycles. The third-order valence-electron chi connectivity index (χ3n) is 2.12. The number of anilines is 1. The van der Waals surface area contributed by atoms with E-state index in [1.165, 1.54) is 6.07 Å². The summed E-state index contributed by atoms with van der Waals surface area (Å²) >= 11 is 0. The Morgan fingerprint density at radius 2 is 2.13 bits per heavy atom. The van der Waals surface area contributed by atoms with E-state index in [2.05, 4.69) is 0 Å². The topological polar surface area (TPSA) is 40.5 Å². The van der Waals surface area contributed by atoms with Gasteiger partial charge in [0.2, 0.25) is 0 Å². The van der Waals surface area contributed by atoms with Crippen LogP contribution in [0.1, 0.15) is 12.0 Å². The number of carboxylic acid groups (broad SMARTS) is 1. The molecule has 0 saturated carbocycles. The Kier molecular flexibility index (Phi) is 3.66. The molecule has 82 valence electrons. The van der Waals surface area contributed by atoms with Crippen LogP contribution in [0, 0.1) is 5.82 Å². The highest BCUT2D eigenvalue weighted by molar-refractivity contribution is 5.67. The van der Waals surface area contributed by atoms with E-state index in [0.29, 0.717) is 17.7 Å². The fourth-order valence-corrected chi connectivity index (χ4v) is 1.32. The highest BCUT2D eigenvalue weighted by Gasteiger charge is 2.06. The van der Waals surface area contributed by atoms with Gasteiger partial charge in [-0.25, -0.2) is 4.39 Å². The Hall–Kier alpha value is -1.58. The maximum Gasteiger partial charge on any atom is 0.303 e. The SMILES string of the molecule is CN(C)c1ccc(CCC(=O)O)cc1F. The summed E-state index contributed by atoms with van der Waals surface area (Å²) in [6.45, 7) is 0. The number of rotatable bonds is 4. The Balaban J connectivity index is 2.77. The molecule has 0 heterocycles. The van der Waals surface area contributed by atoms with Crippen molar-refractivity contribution in [1.29, 1.82) is 0 Å². The van der Waals surface area contributed by atoms with Crippen molar-refractivity contribution >= 4 is 11.7 Å². The predicted octanol–water partition coefficient (Wildman–Crippen LogP) is 1.91. The van der Waals surface area contributed by atoms with E-state index in [1.807, 2.05) is 0 Å². The lowest BCUT2D eigenvalue weighted by Crippen LogP contribution is -2.10. The summed E-state index contributed by atoms with van der Waals surface area (Å²) in [7, 11) is 3.52. The zero-order chi connectivity index (χ0) is 11.4. The summed E-state index contributed by atoms with van der Waals surface area (Å²) in [5.74, 6) is -1.19. The van der Waals surface area contributed by atoms with Gasteiger partial charge in [0.1, 0.15) is 5.82 Å². The number of benzene rings is 1. The molecule has 3 nitrogen and oxygen atoms in total. The fourth-order valence-electron chi connectivity index (χ4n) is 1.32. The first-order chi connectivity index (χ1) is 7.00. The average Bonchev–Trinajstić information content (AvgIpc) is 2.14. The van der Waals surface area contributed by atoms with Gasteiger partial charge in [0, 0.05) is 20.5 Å². The van der Waals surface area contributed by atoms with Crippen molar-refractivity contribution in [2.75, 3.05) is 19.0 Å². The molecule has 0 saturated heterocycles. The van der Waals surface area contributed by atoms with Crippen molar-refractivity contribution < 1.29 is 14.3 Å². The van der Waals surface area contributed by atoms with Crippen LogP contribution in [0.4, 0.5) is 10.1 Å². The summed E-state index contributed by atoms with van der Waals surface area (Å²) in [5.41, 5.74) is 1.22. The van der Waals surface area contributed by atoms with E-state index in [1.54, 1.807) is 31.1 Å². The molecule has 0 aliphatic rings. The maximum absolute atomic E-state index is 13.4. The zero-order valence-electron chi connectivity index (χ0n) is 8.83. The quantitative estimate of drug-likeness (QED) is 0.827. The van der Waals surface area contributed by atoms with Gasteiger partial charge in [-0.2, -0.15) is 0 Å². The smallest absolute Gasteiger partial charge is 0.303 e. The van der Waals surface area contributed by atoms with Gasteiger partial charge in [0.25, 0.3) is 0 Å². The van der Waals surface area contributed by atoms with Gasteiger partial charge < -0.3 is 10.0 Å². The van der Waals surface area contributed by atoms with Crippen LogP contribution in [-0.2, 0) is 11.2 Å². The number of hydrogen-bond donors (Lipinski definition) is 1. The molecule has 1 aromatic rings. The third kappa shape index (κ3) is 3.23. The molecule has 0 aliphatic carbocycles. The largest absolute Gasteiger partial charge is 0.481 e. The standard InChI is InChI=1S/C11H14FNO2/c1-13(2)10-5-3-8(7-9(10)12)4-6-11(14)15/h3,5,7H,4,6H2,1-2H3,(H,14,15).